The number of rotatable bonds is 11. The minimum absolute atomic E-state index is 0.232. The molecule has 35 heavy (non-hydrogen) atoms. The van der Waals surface area contributed by atoms with Gasteiger partial charge in [-0.05, 0) is 77.9 Å². The summed E-state index contributed by atoms with van der Waals surface area (Å²) >= 11 is 0. The minimum Gasteiger partial charge on any atom is -0.425 e. The van der Waals surface area contributed by atoms with Gasteiger partial charge in [0.05, 0.1) is 5.69 Å². The van der Waals surface area contributed by atoms with Crippen molar-refractivity contribution in [3.8, 4) is 11.5 Å². The maximum atomic E-state index is 8.64. The van der Waals surface area contributed by atoms with E-state index in [-0.39, 0.29) is 11.9 Å². The first kappa shape index (κ1) is 25.0. The molecule has 3 rings (SSSR count). The third kappa shape index (κ3) is 7.46. The Morgan fingerprint density at radius 2 is 1.20 bits per heavy atom. The smallest absolute Gasteiger partial charge is 0.314 e. The normalized spacial score (nSPS) is 10.4. The van der Waals surface area contributed by atoms with E-state index in [9.17, 15) is 0 Å². The zero-order valence-electron chi connectivity index (χ0n) is 19.3. The van der Waals surface area contributed by atoms with Crippen LogP contribution in [0.2, 0.25) is 0 Å². The Morgan fingerprint density at radius 1 is 0.743 bits per heavy atom. The molecule has 3 aromatic rings. The fourth-order valence-electron chi connectivity index (χ4n) is 2.98. The Balaban J connectivity index is 1.95. The number of hydrogen-bond acceptors (Lipinski definition) is 8. The molecular formula is C26H25N3O6. The molecule has 0 aliphatic heterocycles. The molecule has 0 bridgehead atoms. The van der Waals surface area contributed by atoms with Gasteiger partial charge in [0.2, 0.25) is 0 Å². The summed E-state index contributed by atoms with van der Waals surface area (Å²) < 4.78 is 10.5. The van der Waals surface area contributed by atoms with Crippen LogP contribution in [0, 0.1) is 0 Å². The van der Waals surface area contributed by atoms with Gasteiger partial charge < -0.3 is 19.2 Å². The Hall–Kier alpha value is -4.60. The molecule has 2 N–H and O–H groups in total. The van der Waals surface area contributed by atoms with Crippen molar-refractivity contribution in [1.82, 2.24) is 5.01 Å². The van der Waals surface area contributed by atoms with Crippen molar-refractivity contribution >= 4 is 17.3 Å². The van der Waals surface area contributed by atoms with Gasteiger partial charge in [-0.1, -0.05) is 41.6 Å². The zero-order chi connectivity index (χ0) is 25.2. The van der Waals surface area contributed by atoms with Gasteiger partial charge in [0, 0.05) is 14.1 Å². The Bertz CT molecular complexity index is 1140. The molecule has 0 fully saturated rings. The van der Waals surface area contributed by atoms with Gasteiger partial charge in [-0.2, -0.15) is 10.5 Å². The van der Waals surface area contributed by atoms with Gasteiger partial charge >= 0.3 is 11.9 Å². The maximum absolute atomic E-state index is 8.64. The summed E-state index contributed by atoms with van der Waals surface area (Å²) in [5.41, 5.74) is 4.41. The van der Waals surface area contributed by atoms with E-state index in [1.165, 1.54) is 0 Å². The number of benzene rings is 3. The lowest BCUT2D eigenvalue weighted by Crippen LogP contribution is -1.98. The van der Waals surface area contributed by atoms with Crippen LogP contribution in [0.15, 0.2) is 108 Å². The van der Waals surface area contributed by atoms with E-state index in [0.29, 0.717) is 11.5 Å². The average Bonchev–Trinajstić information content (AvgIpc) is 2.87. The van der Waals surface area contributed by atoms with Crippen molar-refractivity contribution in [3.63, 3.8) is 0 Å². The third-order valence-electron chi connectivity index (χ3n) is 4.54. The van der Waals surface area contributed by atoms with Crippen molar-refractivity contribution in [3.05, 3.63) is 115 Å². The van der Waals surface area contributed by atoms with Crippen LogP contribution in [-0.2, 0) is 9.78 Å². The van der Waals surface area contributed by atoms with Gasteiger partial charge in [0.15, 0.2) is 0 Å². The zero-order valence-corrected chi connectivity index (χ0v) is 19.3. The van der Waals surface area contributed by atoms with E-state index < -0.39 is 0 Å². The van der Waals surface area contributed by atoms with Crippen molar-refractivity contribution in [2.75, 3.05) is 14.1 Å². The van der Waals surface area contributed by atoms with Gasteiger partial charge in [-0.3, -0.25) is 5.01 Å². The third-order valence-corrected chi connectivity index (χ3v) is 4.54. The average molecular weight is 476 g/mol. The first-order valence-electron chi connectivity index (χ1n) is 10.4. The fourth-order valence-corrected chi connectivity index (χ4v) is 2.98. The molecule has 0 atom stereocenters. The summed E-state index contributed by atoms with van der Waals surface area (Å²) in [5.74, 6) is 0.441. The highest BCUT2D eigenvalue weighted by Gasteiger charge is 2.09. The second-order valence-corrected chi connectivity index (χ2v) is 7.37. The van der Waals surface area contributed by atoms with Crippen LogP contribution < -0.4 is 9.47 Å². The second-order valence-electron chi connectivity index (χ2n) is 7.37. The quantitative estimate of drug-likeness (QED) is 0.107. The first-order valence-corrected chi connectivity index (χ1v) is 10.4. The van der Waals surface area contributed by atoms with Crippen LogP contribution in [-0.4, -0.2) is 29.6 Å². The van der Waals surface area contributed by atoms with Crippen molar-refractivity contribution in [2.24, 2.45) is 10.3 Å². The summed E-state index contributed by atoms with van der Waals surface area (Å²) in [6, 6.07) is 22.1. The van der Waals surface area contributed by atoms with E-state index in [4.69, 9.17) is 20.0 Å². The molecule has 9 heteroatoms. The van der Waals surface area contributed by atoms with Crippen LogP contribution in [0.5, 0.6) is 11.5 Å². The Morgan fingerprint density at radius 3 is 1.60 bits per heavy atom. The van der Waals surface area contributed by atoms with Gasteiger partial charge in [-0.25, -0.2) is 0 Å². The van der Waals surface area contributed by atoms with Crippen molar-refractivity contribution in [1.29, 1.82) is 0 Å². The van der Waals surface area contributed by atoms with Crippen LogP contribution >= 0.6 is 0 Å². The molecule has 0 aliphatic carbocycles. The molecule has 0 aromatic heterocycles. The van der Waals surface area contributed by atoms with Crippen LogP contribution in [0.25, 0.3) is 11.6 Å². The summed E-state index contributed by atoms with van der Waals surface area (Å²) in [6.07, 6.45) is 2.03. The van der Waals surface area contributed by atoms with E-state index in [1.54, 1.807) is 43.4 Å². The van der Waals surface area contributed by atoms with Crippen LogP contribution in [0.3, 0.4) is 0 Å². The van der Waals surface area contributed by atoms with Crippen LogP contribution in [0.4, 0.5) is 5.69 Å². The Labute approximate surface area is 202 Å². The molecule has 0 spiro atoms. The molecule has 9 nitrogen and oxygen atoms in total. The van der Waals surface area contributed by atoms with E-state index in [2.05, 4.69) is 33.3 Å². The molecule has 0 saturated heterocycles. The van der Waals surface area contributed by atoms with E-state index in [1.807, 2.05) is 54.6 Å². The second kappa shape index (κ2) is 12.0. The summed E-state index contributed by atoms with van der Waals surface area (Å²) in [7, 11) is 3.61. The molecule has 0 heterocycles. The van der Waals surface area contributed by atoms with E-state index in [0.717, 1.165) is 28.0 Å². The minimum atomic E-state index is -0.232. The molecule has 0 aliphatic rings. The monoisotopic (exact) mass is 475 g/mol. The maximum Gasteiger partial charge on any atom is 0.314 e. The SMILES string of the molecule is C=C(OO)Oc1ccc(C(=Cc2ccc(/N=N/N(C)C)cc2)c2ccc(OC(=C)OO)cc2)cc1. The van der Waals surface area contributed by atoms with Crippen molar-refractivity contribution < 1.29 is 29.8 Å². The highest BCUT2D eigenvalue weighted by Crippen LogP contribution is 2.30. The lowest BCUT2D eigenvalue weighted by molar-refractivity contribution is -0.230. The topological polar surface area (TPSA) is 105 Å². The molecule has 0 amide bonds. The fraction of sp³-hybridized carbons (Fsp3) is 0.0769. The summed E-state index contributed by atoms with van der Waals surface area (Å²) in [5, 5.41) is 27.1. The lowest BCUT2D eigenvalue weighted by atomic mass is 9.95. The molecule has 0 radical (unpaired) electrons. The molecule has 3 aromatic carbocycles. The molecular weight excluding hydrogens is 450 g/mol. The number of ether oxygens (including phenoxy) is 2. The van der Waals surface area contributed by atoms with Gasteiger partial charge in [0.25, 0.3) is 0 Å². The van der Waals surface area contributed by atoms with Crippen molar-refractivity contribution in [2.45, 2.75) is 0 Å². The predicted octanol–water partition coefficient (Wildman–Crippen LogP) is 6.52. The molecule has 0 unspecified atom stereocenters. The van der Waals surface area contributed by atoms with Gasteiger partial charge in [-0.15, -0.1) is 5.11 Å². The summed E-state index contributed by atoms with van der Waals surface area (Å²) in [4.78, 5) is 7.96. The number of nitrogens with zero attached hydrogens (tertiary/aromatic N) is 3. The standard InChI is InChI=1S/C26H25N3O6/c1-18(34-30)32-24-13-7-21(8-14-24)26(22-9-15-25(16-10-22)33-19(2)35-31)17-20-5-11-23(12-6-20)27-28-29(3)4/h5-17,30-31H,1-2H2,3-4H3/b28-27+. The Kier molecular flexibility index (Phi) is 8.60. The summed E-state index contributed by atoms with van der Waals surface area (Å²) in [6.45, 7) is 6.86. The lowest BCUT2D eigenvalue weighted by Gasteiger charge is -2.12. The molecule has 180 valence electrons. The highest BCUT2D eigenvalue weighted by molar-refractivity contribution is 5.91. The first-order chi connectivity index (χ1) is 16.9. The van der Waals surface area contributed by atoms with Crippen LogP contribution in [0.1, 0.15) is 16.7 Å². The van der Waals surface area contributed by atoms with Gasteiger partial charge in [0.1, 0.15) is 11.5 Å². The predicted molar refractivity (Wildman–Crippen MR) is 131 cm³/mol. The highest BCUT2D eigenvalue weighted by atomic mass is 17.1. The van der Waals surface area contributed by atoms with E-state index >= 15 is 0 Å². The number of hydrogen-bond donors (Lipinski definition) is 2. The largest absolute Gasteiger partial charge is 0.425 e. The molecule has 0 saturated carbocycles.